The molecule has 0 bridgehead atoms. The fourth-order valence-electron chi connectivity index (χ4n) is 2.71. The van der Waals surface area contributed by atoms with Crippen LogP contribution in [-0.2, 0) is 19.5 Å². The van der Waals surface area contributed by atoms with Crippen molar-refractivity contribution >= 4 is 15.7 Å². The molecule has 2 aliphatic heterocycles. The number of hydrogen-bond acceptors (Lipinski definition) is 5. The average Bonchev–Trinajstić information content (AvgIpc) is 2.87. The van der Waals surface area contributed by atoms with E-state index >= 15 is 0 Å². The molecule has 3 rings (SSSR count). The zero-order valence-electron chi connectivity index (χ0n) is 11.1. The molecule has 2 aliphatic rings. The Balaban J connectivity index is 1.87. The number of hydrogen-bond donors (Lipinski definition) is 1. The quantitative estimate of drug-likeness (QED) is 0.817. The van der Waals surface area contributed by atoms with Crippen LogP contribution < -0.4 is 5.73 Å². The highest BCUT2D eigenvalue weighted by atomic mass is 32.2. The molecule has 0 amide bonds. The van der Waals surface area contributed by atoms with Gasteiger partial charge in [0.15, 0.2) is 5.79 Å². The van der Waals surface area contributed by atoms with Gasteiger partial charge in [0, 0.05) is 18.7 Å². The summed E-state index contributed by atoms with van der Waals surface area (Å²) in [6.07, 6.45) is 1.46. The molecule has 1 aromatic rings. The lowest BCUT2D eigenvalue weighted by molar-refractivity contribution is -0.179. The minimum atomic E-state index is -3.55. The Hall–Kier alpha value is -1.15. The van der Waals surface area contributed by atoms with E-state index < -0.39 is 15.8 Å². The predicted molar refractivity (Wildman–Crippen MR) is 73.5 cm³/mol. The van der Waals surface area contributed by atoms with Crippen molar-refractivity contribution in [3.05, 3.63) is 24.3 Å². The van der Waals surface area contributed by atoms with E-state index in [9.17, 15) is 8.42 Å². The van der Waals surface area contributed by atoms with Crippen molar-refractivity contribution in [2.75, 3.05) is 32.0 Å². The minimum absolute atomic E-state index is 0.215. The van der Waals surface area contributed by atoms with E-state index in [-0.39, 0.29) is 11.4 Å². The summed E-state index contributed by atoms with van der Waals surface area (Å²) in [6, 6.07) is 6.35. The molecule has 0 aliphatic carbocycles. The van der Waals surface area contributed by atoms with Gasteiger partial charge in [-0.05, 0) is 24.6 Å². The Morgan fingerprint density at radius 3 is 2.70 bits per heavy atom. The molecular formula is C13H18N2O4S. The van der Waals surface area contributed by atoms with Crippen LogP contribution >= 0.6 is 0 Å². The van der Waals surface area contributed by atoms with E-state index in [4.69, 9.17) is 15.2 Å². The van der Waals surface area contributed by atoms with Gasteiger partial charge >= 0.3 is 0 Å². The Morgan fingerprint density at radius 1 is 1.25 bits per heavy atom. The Morgan fingerprint density at radius 2 is 2.00 bits per heavy atom. The summed E-state index contributed by atoms with van der Waals surface area (Å²) in [5.41, 5.74) is 6.10. The zero-order valence-corrected chi connectivity index (χ0v) is 11.9. The number of anilines is 1. The summed E-state index contributed by atoms with van der Waals surface area (Å²) in [6.45, 7) is 1.76. The molecule has 2 heterocycles. The topological polar surface area (TPSA) is 81.9 Å². The number of rotatable bonds is 2. The van der Waals surface area contributed by atoms with E-state index in [2.05, 4.69) is 0 Å². The van der Waals surface area contributed by atoms with Gasteiger partial charge in [-0.1, -0.05) is 6.07 Å². The van der Waals surface area contributed by atoms with Crippen molar-refractivity contribution in [1.82, 2.24) is 4.31 Å². The Bertz CT molecular complexity index is 596. The molecule has 20 heavy (non-hydrogen) atoms. The van der Waals surface area contributed by atoms with E-state index in [0.29, 0.717) is 25.4 Å². The first-order valence-corrected chi connectivity index (χ1v) is 8.10. The number of sulfonamides is 1. The smallest absolute Gasteiger partial charge is 0.243 e. The lowest BCUT2D eigenvalue weighted by Gasteiger charge is -2.37. The van der Waals surface area contributed by atoms with Crippen molar-refractivity contribution in [3.63, 3.8) is 0 Å². The molecular weight excluding hydrogens is 280 g/mol. The van der Waals surface area contributed by atoms with Crippen molar-refractivity contribution in [2.24, 2.45) is 0 Å². The van der Waals surface area contributed by atoms with Crippen LogP contribution in [0.2, 0.25) is 0 Å². The molecule has 0 saturated carbocycles. The van der Waals surface area contributed by atoms with Crippen LogP contribution in [0, 0.1) is 0 Å². The minimum Gasteiger partial charge on any atom is -0.399 e. The molecule has 1 aromatic carbocycles. The second-order valence-corrected chi connectivity index (χ2v) is 7.06. The molecule has 0 atom stereocenters. The molecule has 0 unspecified atom stereocenters. The maximum atomic E-state index is 12.6. The third kappa shape index (κ3) is 2.42. The van der Waals surface area contributed by atoms with E-state index in [1.165, 1.54) is 10.4 Å². The molecule has 110 valence electrons. The standard InChI is InChI=1S/C13H18N2O4S/c14-11-3-1-4-12(9-11)20(16,17)15-6-2-5-13(10-15)18-7-8-19-13/h1,3-4,9H,2,5-8,10,14H2. The summed E-state index contributed by atoms with van der Waals surface area (Å²) in [5.74, 6) is -0.758. The van der Waals surface area contributed by atoms with Crippen molar-refractivity contribution in [2.45, 2.75) is 23.5 Å². The summed E-state index contributed by atoms with van der Waals surface area (Å²) in [4.78, 5) is 0.215. The van der Waals surface area contributed by atoms with Gasteiger partial charge in [-0.3, -0.25) is 0 Å². The number of piperidine rings is 1. The number of nitrogens with two attached hydrogens (primary N) is 1. The van der Waals surface area contributed by atoms with Crippen LogP contribution in [0.3, 0.4) is 0 Å². The summed E-state index contributed by atoms with van der Waals surface area (Å²) < 4.78 is 37.9. The highest BCUT2D eigenvalue weighted by molar-refractivity contribution is 7.89. The van der Waals surface area contributed by atoms with Crippen LogP contribution in [0.4, 0.5) is 5.69 Å². The highest BCUT2D eigenvalue weighted by Crippen LogP contribution is 2.32. The molecule has 7 heteroatoms. The van der Waals surface area contributed by atoms with Crippen LogP contribution in [-0.4, -0.2) is 44.8 Å². The molecule has 2 fully saturated rings. The average molecular weight is 298 g/mol. The summed E-state index contributed by atoms with van der Waals surface area (Å²) in [5, 5.41) is 0. The van der Waals surface area contributed by atoms with Gasteiger partial charge < -0.3 is 15.2 Å². The fraction of sp³-hybridized carbons (Fsp3) is 0.538. The Kier molecular flexibility index (Phi) is 3.45. The monoisotopic (exact) mass is 298 g/mol. The van der Waals surface area contributed by atoms with Crippen molar-refractivity contribution in [1.29, 1.82) is 0 Å². The van der Waals surface area contributed by atoms with E-state index in [1.54, 1.807) is 18.2 Å². The van der Waals surface area contributed by atoms with Gasteiger partial charge in [0.1, 0.15) is 0 Å². The predicted octanol–water partition coefficient (Wildman–Crippen LogP) is 0.796. The van der Waals surface area contributed by atoms with Gasteiger partial charge in [-0.15, -0.1) is 0 Å². The third-order valence-corrected chi connectivity index (χ3v) is 5.53. The van der Waals surface area contributed by atoms with Crippen molar-refractivity contribution < 1.29 is 17.9 Å². The number of benzene rings is 1. The van der Waals surface area contributed by atoms with Gasteiger partial charge in [0.2, 0.25) is 10.0 Å². The first kappa shape index (κ1) is 13.8. The normalized spacial score (nSPS) is 23.2. The molecule has 0 radical (unpaired) electrons. The first-order chi connectivity index (χ1) is 9.52. The lowest BCUT2D eigenvalue weighted by Crippen LogP contribution is -2.50. The molecule has 2 N–H and O–H groups in total. The van der Waals surface area contributed by atoms with Gasteiger partial charge in [-0.25, -0.2) is 8.42 Å². The number of ether oxygens (including phenoxy) is 2. The number of nitrogen functional groups attached to an aromatic ring is 1. The molecule has 0 aromatic heterocycles. The van der Waals surface area contributed by atoms with Crippen molar-refractivity contribution in [3.8, 4) is 0 Å². The maximum absolute atomic E-state index is 12.6. The Labute approximate surface area is 118 Å². The largest absolute Gasteiger partial charge is 0.399 e. The SMILES string of the molecule is Nc1cccc(S(=O)(=O)N2CCCC3(C2)OCCO3)c1. The van der Waals surface area contributed by atoms with E-state index in [0.717, 1.165) is 12.8 Å². The highest BCUT2D eigenvalue weighted by Gasteiger charge is 2.44. The zero-order chi connectivity index (χ0) is 14.2. The van der Waals surface area contributed by atoms with Crippen LogP contribution in [0.25, 0.3) is 0 Å². The molecule has 1 spiro atoms. The van der Waals surface area contributed by atoms with Crippen LogP contribution in [0.15, 0.2) is 29.2 Å². The fourth-order valence-corrected chi connectivity index (χ4v) is 4.28. The second kappa shape index (κ2) is 5.00. The number of nitrogens with zero attached hydrogens (tertiary/aromatic N) is 1. The van der Waals surface area contributed by atoms with Crippen LogP contribution in [0.1, 0.15) is 12.8 Å². The third-order valence-electron chi connectivity index (χ3n) is 3.69. The van der Waals surface area contributed by atoms with Gasteiger partial charge in [-0.2, -0.15) is 4.31 Å². The van der Waals surface area contributed by atoms with E-state index in [1.807, 2.05) is 0 Å². The van der Waals surface area contributed by atoms with Gasteiger partial charge in [0.25, 0.3) is 0 Å². The second-order valence-electron chi connectivity index (χ2n) is 5.12. The molecule has 2 saturated heterocycles. The lowest BCUT2D eigenvalue weighted by atomic mass is 10.1. The maximum Gasteiger partial charge on any atom is 0.243 e. The summed E-state index contributed by atoms with van der Waals surface area (Å²) in [7, 11) is -3.55. The molecule has 6 nitrogen and oxygen atoms in total. The first-order valence-electron chi connectivity index (χ1n) is 6.66. The summed E-state index contributed by atoms with van der Waals surface area (Å²) >= 11 is 0. The van der Waals surface area contributed by atoms with Crippen LogP contribution in [0.5, 0.6) is 0 Å². The van der Waals surface area contributed by atoms with Gasteiger partial charge in [0.05, 0.1) is 24.7 Å².